The van der Waals surface area contributed by atoms with Crippen LogP contribution in [0, 0.1) is 0 Å². The number of carbonyl (C=O) groups is 2. The van der Waals surface area contributed by atoms with Crippen LogP contribution in [-0.2, 0) is 9.53 Å². The molecule has 0 radical (unpaired) electrons. The normalized spacial score (nSPS) is 28.6. The van der Waals surface area contributed by atoms with Crippen LogP contribution in [0.25, 0.3) is 0 Å². The average molecular weight is 251 g/mol. The zero-order valence-corrected chi connectivity index (χ0v) is 10.4. The number of hydrogen-bond acceptors (Lipinski definition) is 4. The topological polar surface area (TPSA) is 61.9 Å². The minimum absolute atomic E-state index is 0.0105. The molecule has 3 aliphatic rings. The van der Waals surface area contributed by atoms with Gasteiger partial charge in [-0.1, -0.05) is 0 Å². The van der Waals surface area contributed by atoms with E-state index in [1.54, 1.807) is 11.8 Å². The van der Waals surface area contributed by atoms with Crippen molar-refractivity contribution in [1.29, 1.82) is 0 Å². The van der Waals surface area contributed by atoms with E-state index < -0.39 is 0 Å². The Labute approximate surface area is 106 Å². The Hall–Kier alpha value is -1.56. The van der Waals surface area contributed by atoms with Gasteiger partial charge >= 0.3 is 12.0 Å². The maximum Gasteiger partial charge on any atom is 0.336 e. The molecular formula is C12H17N3O3. The molecule has 3 aliphatic heterocycles. The van der Waals surface area contributed by atoms with Gasteiger partial charge in [-0.3, -0.25) is 4.90 Å². The fourth-order valence-corrected chi connectivity index (χ4v) is 2.80. The van der Waals surface area contributed by atoms with E-state index in [0.717, 1.165) is 31.8 Å². The molecule has 6 heteroatoms. The second-order valence-electron chi connectivity index (χ2n) is 4.92. The summed E-state index contributed by atoms with van der Waals surface area (Å²) in [6, 6.07) is 0.303. The average Bonchev–Trinajstić information content (AvgIpc) is 3.04. The third kappa shape index (κ3) is 1.68. The highest BCUT2D eigenvalue weighted by molar-refractivity contribution is 5.92. The van der Waals surface area contributed by atoms with Gasteiger partial charge in [-0.05, 0) is 19.9 Å². The summed E-state index contributed by atoms with van der Waals surface area (Å²) in [5.74, 6) is -0.307. The Morgan fingerprint density at radius 1 is 1.33 bits per heavy atom. The molecule has 2 saturated heterocycles. The van der Waals surface area contributed by atoms with Gasteiger partial charge in [0.15, 0.2) is 0 Å². The number of urea groups is 1. The summed E-state index contributed by atoms with van der Waals surface area (Å²) >= 11 is 0. The molecule has 18 heavy (non-hydrogen) atoms. The van der Waals surface area contributed by atoms with Crippen molar-refractivity contribution in [3.05, 3.63) is 11.3 Å². The fourth-order valence-electron chi connectivity index (χ4n) is 2.80. The van der Waals surface area contributed by atoms with Crippen LogP contribution in [0.4, 0.5) is 4.79 Å². The second-order valence-corrected chi connectivity index (χ2v) is 4.92. The summed E-state index contributed by atoms with van der Waals surface area (Å²) in [6.45, 7) is 5.17. The Bertz CT molecular complexity index is 426. The zero-order valence-electron chi connectivity index (χ0n) is 10.4. The van der Waals surface area contributed by atoms with Crippen LogP contribution < -0.4 is 5.32 Å². The lowest BCUT2D eigenvalue weighted by molar-refractivity contribution is -0.136. The van der Waals surface area contributed by atoms with Crippen molar-refractivity contribution in [2.24, 2.45) is 0 Å². The molecule has 98 valence electrons. The van der Waals surface area contributed by atoms with Gasteiger partial charge < -0.3 is 15.0 Å². The van der Waals surface area contributed by atoms with Crippen molar-refractivity contribution in [1.82, 2.24) is 15.1 Å². The van der Waals surface area contributed by atoms with Crippen molar-refractivity contribution in [3.63, 3.8) is 0 Å². The van der Waals surface area contributed by atoms with E-state index in [1.807, 2.05) is 4.90 Å². The summed E-state index contributed by atoms with van der Waals surface area (Å²) in [7, 11) is 0. The van der Waals surface area contributed by atoms with Gasteiger partial charge in [0, 0.05) is 25.7 Å². The molecule has 3 heterocycles. The summed E-state index contributed by atoms with van der Waals surface area (Å²) in [6.07, 6.45) is 1.01. The number of hydrogen-bond donors (Lipinski definition) is 1. The standard InChI is InChI=1S/C12H17N3O3/c1-8-10(7-18-11(8)16)15-5-4-14(12(15)17)9-2-3-13-6-9/h9,13H,2-7H2,1H3. The van der Waals surface area contributed by atoms with Gasteiger partial charge in [0.05, 0.1) is 11.3 Å². The summed E-state index contributed by atoms with van der Waals surface area (Å²) in [5, 5.41) is 3.27. The van der Waals surface area contributed by atoms with Crippen LogP contribution in [0.3, 0.4) is 0 Å². The molecule has 0 aromatic rings. The van der Waals surface area contributed by atoms with Gasteiger partial charge in [0.25, 0.3) is 0 Å². The Morgan fingerprint density at radius 3 is 2.78 bits per heavy atom. The largest absolute Gasteiger partial charge is 0.456 e. The first-order chi connectivity index (χ1) is 8.68. The molecule has 0 spiro atoms. The lowest BCUT2D eigenvalue weighted by Gasteiger charge is -2.23. The lowest BCUT2D eigenvalue weighted by Crippen LogP contribution is -2.40. The van der Waals surface area contributed by atoms with Crippen LogP contribution in [0.5, 0.6) is 0 Å². The number of cyclic esters (lactones) is 1. The van der Waals surface area contributed by atoms with Crippen molar-refractivity contribution in [2.45, 2.75) is 19.4 Å². The molecule has 1 atom stereocenters. The SMILES string of the molecule is CC1=C(N2CCN(C3CCNC3)C2=O)COC1=O. The van der Waals surface area contributed by atoms with Gasteiger partial charge in [-0.15, -0.1) is 0 Å². The van der Waals surface area contributed by atoms with Gasteiger partial charge in [0.2, 0.25) is 0 Å². The molecule has 0 bridgehead atoms. The van der Waals surface area contributed by atoms with Crippen molar-refractivity contribution < 1.29 is 14.3 Å². The third-order valence-corrected chi connectivity index (χ3v) is 3.92. The monoisotopic (exact) mass is 251 g/mol. The lowest BCUT2D eigenvalue weighted by atomic mass is 10.2. The molecule has 2 amide bonds. The number of esters is 1. The van der Waals surface area contributed by atoms with Crippen LogP contribution in [0.15, 0.2) is 11.3 Å². The maximum atomic E-state index is 12.4. The first-order valence-corrected chi connectivity index (χ1v) is 6.34. The van der Waals surface area contributed by atoms with E-state index in [9.17, 15) is 9.59 Å². The molecule has 2 fully saturated rings. The van der Waals surface area contributed by atoms with Gasteiger partial charge in [-0.2, -0.15) is 0 Å². The Kier molecular flexibility index (Phi) is 2.74. The Morgan fingerprint density at radius 2 is 2.17 bits per heavy atom. The van der Waals surface area contributed by atoms with E-state index in [2.05, 4.69) is 5.32 Å². The molecule has 0 aliphatic carbocycles. The molecule has 1 unspecified atom stereocenters. The minimum Gasteiger partial charge on any atom is -0.456 e. The van der Waals surface area contributed by atoms with E-state index >= 15 is 0 Å². The van der Waals surface area contributed by atoms with Crippen LogP contribution in [0.2, 0.25) is 0 Å². The molecule has 0 saturated carbocycles. The molecule has 0 aromatic heterocycles. The van der Waals surface area contributed by atoms with Gasteiger partial charge in [0.1, 0.15) is 6.61 Å². The first kappa shape index (κ1) is 11.5. The molecule has 3 rings (SSSR count). The highest BCUT2D eigenvalue weighted by atomic mass is 16.5. The van der Waals surface area contributed by atoms with Crippen molar-refractivity contribution in [3.8, 4) is 0 Å². The fraction of sp³-hybridized carbons (Fsp3) is 0.667. The summed E-state index contributed by atoms with van der Waals surface area (Å²) < 4.78 is 4.96. The molecule has 6 nitrogen and oxygen atoms in total. The van der Waals surface area contributed by atoms with Crippen molar-refractivity contribution >= 4 is 12.0 Å². The third-order valence-electron chi connectivity index (χ3n) is 3.92. The summed E-state index contributed by atoms with van der Waals surface area (Å²) in [5.41, 5.74) is 1.30. The van der Waals surface area contributed by atoms with Crippen LogP contribution in [-0.4, -0.2) is 60.6 Å². The predicted octanol–water partition coefficient (Wildman–Crippen LogP) is -0.0833. The molecule has 0 aromatic carbocycles. The second kappa shape index (κ2) is 4.28. The summed E-state index contributed by atoms with van der Waals surface area (Å²) in [4.78, 5) is 27.3. The number of rotatable bonds is 2. The molecule has 1 N–H and O–H groups in total. The quantitative estimate of drug-likeness (QED) is 0.697. The van der Waals surface area contributed by atoms with E-state index in [4.69, 9.17) is 4.74 Å². The minimum atomic E-state index is -0.307. The maximum absolute atomic E-state index is 12.4. The zero-order chi connectivity index (χ0) is 12.7. The van der Waals surface area contributed by atoms with Crippen molar-refractivity contribution in [2.75, 3.05) is 32.8 Å². The number of carbonyl (C=O) groups excluding carboxylic acids is 2. The number of nitrogens with zero attached hydrogens (tertiary/aromatic N) is 2. The van der Waals surface area contributed by atoms with Crippen LogP contribution in [0.1, 0.15) is 13.3 Å². The molecular weight excluding hydrogens is 234 g/mol. The number of nitrogens with one attached hydrogen (secondary N) is 1. The highest BCUT2D eigenvalue weighted by Gasteiger charge is 2.39. The van der Waals surface area contributed by atoms with E-state index in [0.29, 0.717) is 18.2 Å². The van der Waals surface area contributed by atoms with E-state index in [1.165, 1.54) is 0 Å². The highest BCUT2D eigenvalue weighted by Crippen LogP contribution is 2.25. The first-order valence-electron chi connectivity index (χ1n) is 6.34. The smallest absolute Gasteiger partial charge is 0.336 e. The predicted molar refractivity (Wildman–Crippen MR) is 63.7 cm³/mol. The van der Waals surface area contributed by atoms with E-state index in [-0.39, 0.29) is 18.6 Å². The van der Waals surface area contributed by atoms with Crippen LogP contribution >= 0.6 is 0 Å². The Balaban J connectivity index is 1.76. The number of amides is 2. The van der Waals surface area contributed by atoms with Gasteiger partial charge in [-0.25, -0.2) is 9.59 Å². The number of ether oxygens (including phenoxy) is 1.